The van der Waals surface area contributed by atoms with Crippen molar-refractivity contribution in [3.8, 4) is 5.75 Å². The zero-order valence-electron chi connectivity index (χ0n) is 14.6. The maximum Gasteiger partial charge on any atom is 0.412 e. The Morgan fingerprint density at radius 1 is 0.958 bits per heavy atom. The largest absolute Gasteiger partial charge is 0.466 e. The molecule has 0 unspecified atom stereocenters. The Kier molecular flexibility index (Phi) is 11.2. The van der Waals surface area contributed by atoms with Crippen molar-refractivity contribution in [3.05, 3.63) is 30.3 Å². The van der Waals surface area contributed by atoms with Gasteiger partial charge in [0.1, 0.15) is 5.75 Å². The number of carbonyl (C=O) groups is 2. The smallest absolute Gasteiger partial charge is 0.412 e. The van der Waals surface area contributed by atoms with Gasteiger partial charge in [0.2, 0.25) is 0 Å². The first kappa shape index (κ1) is 20.0. The van der Waals surface area contributed by atoms with E-state index in [0.717, 1.165) is 44.9 Å². The molecule has 0 saturated carbocycles. The van der Waals surface area contributed by atoms with E-state index in [1.54, 1.807) is 12.1 Å². The molecule has 5 heteroatoms. The van der Waals surface area contributed by atoms with Crippen molar-refractivity contribution in [1.29, 1.82) is 0 Å². The van der Waals surface area contributed by atoms with Crippen LogP contribution in [0.25, 0.3) is 0 Å². The Balaban J connectivity index is 1.90. The summed E-state index contributed by atoms with van der Waals surface area (Å²) >= 11 is 0. The summed E-state index contributed by atoms with van der Waals surface area (Å²) < 4.78 is 10.2. The molecular formula is C19H29NO4. The molecular weight excluding hydrogens is 306 g/mol. The fraction of sp³-hybridized carbons (Fsp3) is 0.579. The average molecular weight is 335 g/mol. The summed E-state index contributed by atoms with van der Waals surface area (Å²) in [6, 6.07) is 9.00. The van der Waals surface area contributed by atoms with Crippen molar-refractivity contribution >= 4 is 12.1 Å². The minimum atomic E-state index is -0.420. The first-order valence-electron chi connectivity index (χ1n) is 8.88. The molecule has 0 heterocycles. The van der Waals surface area contributed by atoms with E-state index in [1.165, 1.54) is 0 Å². The average Bonchev–Trinajstić information content (AvgIpc) is 2.58. The van der Waals surface area contributed by atoms with Crippen LogP contribution < -0.4 is 10.1 Å². The number of rotatable bonds is 12. The van der Waals surface area contributed by atoms with Crippen LogP contribution in [0.5, 0.6) is 5.75 Å². The first-order valence-corrected chi connectivity index (χ1v) is 8.88. The number of carbonyl (C=O) groups excluding carboxylic acids is 2. The number of unbranched alkanes of at least 4 members (excludes halogenated alkanes) is 5. The van der Waals surface area contributed by atoms with Crippen LogP contribution in [-0.2, 0) is 9.53 Å². The highest BCUT2D eigenvalue weighted by Gasteiger charge is 2.03. The highest BCUT2D eigenvalue weighted by molar-refractivity contribution is 5.70. The number of amides is 1. The van der Waals surface area contributed by atoms with Crippen molar-refractivity contribution in [2.75, 3.05) is 13.2 Å². The van der Waals surface area contributed by atoms with Crippen molar-refractivity contribution < 1.29 is 19.1 Å². The van der Waals surface area contributed by atoms with E-state index in [4.69, 9.17) is 9.47 Å². The minimum absolute atomic E-state index is 0.0891. The van der Waals surface area contributed by atoms with Gasteiger partial charge in [0, 0.05) is 13.0 Å². The molecule has 1 N–H and O–H groups in total. The third-order valence-corrected chi connectivity index (χ3v) is 3.54. The topological polar surface area (TPSA) is 64.6 Å². The van der Waals surface area contributed by atoms with Crippen LogP contribution in [0.15, 0.2) is 30.3 Å². The molecule has 24 heavy (non-hydrogen) atoms. The molecule has 1 aromatic rings. The highest BCUT2D eigenvalue weighted by Crippen LogP contribution is 2.09. The molecule has 0 spiro atoms. The van der Waals surface area contributed by atoms with Gasteiger partial charge >= 0.3 is 12.1 Å². The van der Waals surface area contributed by atoms with Crippen LogP contribution in [0, 0.1) is 0 Å². The first-order chi connectivity index (χ1) is 11.7. The number of hydrogen-bond donors (Lipinski definition) is 1. The van der Waals surface area contributed by atoms with Gasteiger partial charge in [-0.25, -0.2) is 4.79 Å². The standard InChI is InChI=1S/C19H29NO4/c1-2-3-16-23-18(21)14-10-5-4-6-11-15-20-19(22)24-17-12-8-7-9-13-17/h7-9,12-13H,2-6,10-11,14-16H2,1H3,(H,20,22). The number of esters is 1. The zero-order chi connectivity index (χ0) is 17.5. The monoisotopic (exact) mass is 335 g/mol. The Morgan fingerprint density at radius 2 is 1.67 bits per heavy atom. The number of benzene rings is 1. The second kappa shape index (κ2) is 13.4. The van der Waals surface area contributed by atoms with E-state index in [1.807, 2.05) is 18.2 Å². The summed E-state index contributed by atoms with van der Waals surface area (Å²) in [7, 11) is 0. The lowest BCUT2D eigenvalue weighted by Crippen LogP contribution is -2.27. The summed E-state index contributed by atoms with van der Waals surface area (Å²) in [6.45, 7) is 3.22. The van der Waals surface area contributed by atoms with Crippen molar-refractivity contribution in [2.45, 2.75) is 58.3 Å². The van der Waals surface area contributed by atoms with Gasteiger partial charge in [-0.2, -0.15) is 0 Å². The van der Waals surface area contributed by atoms with E-state index < -0.39 is 6.09 Å². The Bertz CT molecular complexity index is 462. The predicted octanol–water partition coefficient (Wildman–Crippen LogP) is 4.46. The van der Waals surface area contributed by atoms with Crippen LogP contribution in [0.4, 0.5) is 4.79 Å². The van der Waals surface area contributed by atoms with E-state index in [0.29, 0.717) is 25.3 Å². The summed E-state index contributed by atoms with van der Waals surface area (Å²) in [5.41, 5.74) is 0. The van der Waals surface area contributed by atoms with E-state index >= 15 is 0 Å². The Labute approximate surface area is 144 Å². The molecule has 0 aromatic heterocycles. The summed E-state index contributed by atoms with van der Waals surface area (Å²) in [4.78, 5) is 22.9. The molecule has 0 radical (unpaired) electrons. The minimum Gasteiger partial charge on any atom is -0.466 e. The second-order valence-electron chi connectivity index (χ2n) is 5.72. The molecule has 134 valence electrons. The van der Waals surface area contributed by atoms with E-state index in [9.17, 15) is 9.59 Å². The Morgan fingerprint density at radius 3 is 2.42 bits per heavy atom. The fourth-order valence-corrected chi connectivity index (χ4v) is 2.15. The van der Waals surface area contributed by atoms with Gasteiger partial charge in [-0.3, -0.25) is 4.79 Å². The van der Waals surface area contributed by atoms with Crippen molar-refractivity contribution in [3.63, 3.8) is 0 Å². The highest BCUT2D eigenvalue weighted by atomic mass is 16.6. The zero-order valence-corrected chi connectivity index (χ0v) is 14.6. The molecule has 0 bridgehead atoms. The van der Waals surface area contributed by atoms with Crippen molar-refractivity contribution in [1.82, 2.24) is 5.32 Å². The molecule has 1 aromatic carbocycles. The lowest BCUT2D eigenvalue weighted by Gasteiger charge is -2.06. The molecule has 0 atom stereocenters. The fourth-order valence-electron chi connectivity index (χ4n) is 2.15. The van der Waals surface area contributed by atoms with Gasteiger partial charge in [0.05, 0.1) is 6.61 Å². The summed E-state index contributed by atoms with van der Waals surface area (Å²) in [5, 5.41) is 2.73. The lowest BCUT2D eigenvalue weighted by molar-refractivity contribution is -0.143. The van der Waals surface area contributed by atoms with Crippen LogP contribution in [-0.4, -0.2) is 25.2 Å². The van der Waals surface area contributed by atoms with Gasteiger partial charge in [0.15, 0.2) is 0 Å². The summed E-state index contributed by atoms with van der Waals surface area (Å²) in [6.07, 6.45) is 6.93. The van der Waals surface area contributed by atoms with Gasteiger partial charge < -0.3 is 14.8 Å². The van der Waals surface area contributed by atoms with Crippen molar-refractivity contribution in [2.24, 2.45) is 0 Å². The molecule has 0 aliphatic carbocycles. The van der Waals surface area contributed by atoms with Gasteiger partial charge in [0.25, 0.3) is 0 Å². The molecule has 5 nitrogen and oxygen atoms in total. The maximum absolute atomic E-state index is 11.5. The van der Waals surface area contributed by atoms with Crippen LogP contribution >= 0.6 is 0 Å². The summed E-state index contributed by atoms with van der Waals surface area (Å²) in [5.74, 6) is 0.453. The molecule has 0 aliphatic heterocycles. The lowest BCUT2D eigenvalue weighted by atomic mass is 10.1. The van der Waals surface area contributed by atoms with E-state index in [2.05, 4.69) is 12.2 Å². The second-order valence-corrected chi connectivity index (χ2v) is 5.72. The van der Waals surface area contributed by atoms with Gasteiger partial charge in [-0.1, -0.05) is 50.8 Å². The molecule has 1 amide bonds. The number of para-hydroxylation sites is 1. The number of nitrogens with one attached hydrogen (secondary N) is 1. The van der Waals surface area contributed by atoms with Crippen LogP contribution in [0.3, 0.4) is 0 Å². The van der Waals surface area contributed by atoms with Crippen LogP contribution in [0.2, 0.25) is 0 Å². The van der Waals surface area contributed by atoms with Gasteiger partial charge in [-0.05, 0) is 31.4 Å². The SMILES string of the molecule is CCCCOC(=O)CCCCCCCNC(=O)Oc1ccccc1. The maximum atomic E-state index is 11.5. The van der Waals surface area contributed by atoms with Crippen LogP contribution in [0.1, 0.15) is 58.3 Å². The molecule has 0 fully saturated rings. The molecule has 0 saturated heterocycles. The quantitative estimate of drug-likeness (QED) is 0.452. The molecule has 0 aliphatic rings. The normalized spacial score (nSPS) is 10.2. The number of hydrogen-bond acceptors (Lipinski definition) is 4. The number of ether oxygens (including phenoxy) is 2. The Hall–Kier alpha value is -2.04. The third kappa shape index (κ3) is 10.6. The molecule has 1 rings (SSSR count). The third-order valence-electron chi connectivity index (χ3n) is 3.54. The van der Waals surface area contributed by atoms with E-state index in [-0.39, 0.29) is 5.97 Å². The predicted molar refractivity (Wildman–Crippen MR) is 94.0 cm³/mol. The van der Waals surface area contributed by atoms with Gasteiger partial charge in [-0.15, -0.1) is 0 Å².